The molecule has 106 valence electrons. The molecule has 0 spiro atoms. The summed E-state index contributed by atoms with van der Waals surface area (Å²) in [7, 11) is -0.396. The number of nitrogens with two attached hydrogens (primary N) is 1. The predicted molar refractivity (Wildman–Crippen MR) is 79.1 cm³/mol. The Bertz CT molecular complexity index is 386. The Morgan fingerprint density at radius 3 is 2.37 bits per heavy atom. The SMILES string of the molecule is CC1(C)OB(C(=CN)C2=NCCCCC2)OC1(C)C. The minimum absolute atomic E-state index is 0.336. The Morgan fingerprint density at radius 1 is 1.16 bits per heavy atom. The lowest BCUT2D eigenvalue weighted by Crippen LogP contribution is -2.41. The van der Waals surface area contributed by atoms with Crippen molar-refractivity contribution in [2.45, 2.75) is 64.6 Å². The largest absolute Gasteiger partial charge is 0.498 e. The average Bonchev–Trinajstić information content (AvgIpc) is 2.51. The second-order valence-electron chi connectivity index (χ2n) is 6.35. The molecule has 4 nitrogen and oxygen atoms in total. The van der Waals surface area contributed by atoms with E-state index in [2.05, 4.69) is 32.7 Å². The number of hydrogen-bond donors (Lipinski definition) is 1. The van der Waals surface area contributed by atoms with E-state index in [1.807, 2.05) is 0 Å². The zero-order valence-corrected chi connectivity index (χ0v) is 12.5. The quantitative estimate of drug-likeness (QED) is 0.779. The lowest BCUT2D eigenvalue weighted by Gasteiger charge is -2.32. The molecule has 0 unspecified atom stereocenters. The highest BCUT2D eigenvalue weighted by molar-refractivity contribution is 6.62. The van der Waals surface area contributed by atoms with Crippen LogP contribution in [0.5, 0.6) is 0 Å². The molecule has 0 aliphatic carbocycles. The fraction of sp³-hybridized carbons (Fsp3) is 0.786. The Balaban J connectivity index is 2.18. The first kappa shape index (κ1) is 14.6. The highest BCUT2D eigenvalue weighted by atomic mass is 16.7. The van der Waals surface area contributed by atoms with Crippen molar-refractivity contribution in [3.05, 3.63) is 11.7 Å². The van der Waals surface area contributed by atoms with Gasteiger partial charge in [0.2, 0.25) is 0 Å². The summed E-state index contributed by atoms with van der Waals surface area (Å²) in [6, 6.07) is 0. The molecule has 2 aliphatic heterocycles. The van der Waals surface area contributed by atoms with E-state index in [0.717, 1.165) is 37.0 Å². The van der Waals surface area contributed by atoms with Crippen molar-refractivity contribution >= 4 is 12.8 Å². The molecule has 0 atom stereocenters. The summed E-state index contributed by atoms with van der Waals surface area (Å²) < 4.78 is 12.1. The smallest absolute Gasteiger partial charge is 0.405 e. The lowest BCUT2D eigenvalue weighted by molar-refractivity contribution is 0.00578. The maximum atomic E-state index is 6.06. The van der Waals surface area contributed by atoms with Gasteiger partial charge >= 0.3 is 7.12 Å². The summed E-state index contributed by atoms with van der Waals surface area (Å²) in [6.07, 6.45) is 6.12. The van der Waals surface area contributed by atoms with Crippen molar-refractivity contribution < 1.29 is 9.31 Å². The molecule has 0 saturated carbocycles. The van der Waals surface area contributed by atoms with Crippen LogP contribution >= 0.6 is 0 Å². The third-order valence-electron chi connectivity index (χ3n) is 4.39. The van der Waals surface area contributed by atoms with E-state index < -0.39 is 7.12 Å². The van der Waals surface area contributed by atoms with Crippen molar-refractivity contribution in [2.24, 2.45) is 10.7 Å². The fourth-order valence-electron chi connectivity index (χ4n) is 2.39. The van der Waals surface area contributed by atoms with Crippen LogP contribution in [0.3, 0.4) is 0 Å². The highest BCUT2D eigenvalue weighted by Gasteiger charge is 2.53. The fourth-order valence-corrected chi connectivity index (χ4v) is 2.39. The molecule has 2 rings (SSSR count). The maximum Gasteiger partial charge on any atom is 0.498 e. The molecule has 1 fully saturated rings. The molecule has 1 saturated heterocycles. The van der Waals surface area contributed by atoms with Gasteiger partial charge in [0, 0.05) is 17.7 Å². The van der Waals surface area contributed by atoms with Crippen LogP contribution < -0.4 is 5.73 Å². The molecule has 0 radical (unpaired) electrons. The molecule has 19 heavy (non-hydrogen) atoms. The van der Waals surface area contributed by atoms with Crippen LogP contribution in [0.15, 0.2) is 16.7 Å². The van der Waals surface area contributed by atoms with E-state index >= 15 is 0 Å². The van der Waals surface area contributed by atoms with Gasteiger partial charge in [-0.3, -0.25) is 4.99 Å². The second-order valence-corrected chi connectivity index (χ2v) is 6.35. The average molecular weight is 264 g/mol. The molecule has 0 aromatic carbocycles. The third kappa shape index (κ3) is 2.87. The van der Waals surface area contributed by atoms with E-state index in [9.17, 15) is 0 Å². The van der Waals surface area contributed by atoms with E-state index in [4.69, 9.17) is 15.0 Å². The monoisotopic (exact) mass is 264 g/mol. The predicted octanol–water partition coefficient (Wildman–Crippen LogP) is 2.48. The normalized spacial score (nSPS) is 27.1. The van der Waals surface area contributed by atoms with Gasteiger partial charge < -0.3 is 15.0 Å². The van der Waals surface area contributed by atoms with Gasteiger partial charge in [-0.15, -0.1) is 0 Å². The van der Waals surface area contributed by atoms with Crippen LogP contribution in [0.4, 0.5) is 0 Å². The van der Waals surface area contributed by atoms with E-state index in [-0.39, 0.29) is 11.2 Å². The minimum Gasteiger partial charge on any atom is -0.405 e. The summed E-state index contributed by atoms with van der Waals surface area (Å²) in [5, 5.41) is 0. The van der Waals surface area contributed by atoms with Crippen LogP contribution in [-0.4, -0.2) is 30.6 Å². The van der Waals surface area contributed by atoms with Crippen molar-refractivity contribution in [3.63, 3.8) is 0 Å². The molecule has 2 heterocycles. The summed E-state index contributed by atoms with van der Waals surface area (Å²) in [6.45, 7) is 9.09. The lowest BCUT2D eigenvalue weighted by atomic mass is 9.74. The first-order valence-electron chi connectivity index (χ1n) is 7.18. The van der Waals surface area contributed by atoms with Crippen molar-refractivity contribution in [1.82, 2.24) is 0 Å². The minimum atomic E-state index is -0.396. The molecule has 0 aromatic heterocycles. The summed E-state index contributed by atoms with van der Waals surface area (Å²) in [4.78, 5) is 4.64. The van der Waals surface area contributed by atoms with Gasteiger partial charge in [-0.25, -0.2) is 0 Å². The Morgan fingerprint density at radius 2 is 1.79 bits per heavy atom. The summed E-state index contributed by atoms with van der Waals surface area (Å²) in [5.74, 6) is 0. The second kappa shape index (κ2) is 5.29. The molecule has 0 amide bonds. The van der Waals surface area contributed by atoms with E-state index in [1.165, 1.54) is 6.42 Å². The number of nitrogens with zero attached hydrogens (tertiary/aromatic N) is 1. The zero-order chi connectivity index (χ0) is 14.1. The third-order valence-corrected chi connectivity index (χ3v) is 4.39. The highest BCUT2D eigenvalue weighted by Crippen LogP contribution is 2.39. The number of aliphatic imine (C=N–C) groups is 1. The summed E-state index contributed by atoms with van der Waals surface area (Å²) >= 11 is 0. The number of allylic oxidation sites excluding steroid dienone is 1. The molecule has 0 bridgehead atoms. The van der Waals surface area contributed by atoms with Crippen LogP contribution in [0.25, 0.3) is 0 Å². The van der Waals surface area contributed by atoms with Crippen molar-refractivity contribution in [2.75, 3.05) is 6.54 Å². The summed E-state index contributed by atoms with van der Waals surface area (Å²) in [5.41, 5.74) is 7.09. The van der Waals surface area contributed by atoms with Crippen LogP contribution in [0.1, 0.15) is 53.4 Å². The van der Waals surface area contributed by atoms with Gasteiger partial charge in [-0.2, -0.15) is 0 Å². The molecular formula is C14H25BN2O2. The number of rotatable bonds is 2. The van der Waals surface area contributed by atoms with Crippen molar-refractivity contribution in [3.8, 4) is 0 Å². The standard InChI is InChI=1S/C14H25BN2O2/c1-13(2)14(3,4)19-15(18-13)11(10-16)12-8-6-5-7-9-17-12/h10H,5-9,16H2,1-4H3. The van der Waals surface area contributed by atoms with Gasteiger partial charge in [-0.1, -0.05) is 6.42 Å². The molecule has 5 heteroatoms. The van der Waals surface area contributed by atoms with Crippen LogP contribution in [0.2, 0.25) is 0 Å². The Hall–Kier alpha value is -0.805. The topological polar surface area (TPSA) is 56.8 Å². The van der Waals surface area contributed by atoms with Crippen molar-refractivity contribution in [1.29, 1.82) is 0 Å². The van der Waals surface area contributed by atoms with Gasteiger partial charge in [0.05, 0.1) is 11.2 Å². The molecular weight excluding hydrogens is 239 g/mol. The molecule has 2 aliphatic rings. The first-order valence-corrected chi connectivity index (χ1v) is 7.18. The molecule has 2 N–H and O–H groups in total. The number of hydrogen-bond acceptors (Lipinski definition) is 4. The van der Waals surface area contributed by atoms with Gasteiger partial charge in [0.1, 0.15) is 0 Å². The molecule has 0 aromatic rings. The first-order chi connectivity index (χ1) is 8.87. The van der Waals surface area contributed by atoms with E-state index in [0.29, 0.717) is 0 Å². The Kier molecular flexibility index (Phi) is 4.07. The zero-order valence-electron chi connectivity index (χ0n) is 12.5. The van der Waals surface area contributed by atoms with E-state index in [1.54, 1.807) is 6.20 Å². The maximum absolute atomic E-state index is 6.06. The van der Waals surface area contributed by atoms with Gasteiger partial charge in [-0.05, 0) is 53.2 Å². The van der Waals surface area contributed by atoms with Gasteiger partial charge in [0.15, 0.2) is 0 Å². The Labute approximate surface area is 116 Å². The van der Waals surface area contributed by atoms with Gasteiger partial charge in [0.25, 0.3) is 0 Å². The van der Waals surface area contributed by atoms with Crippen LogP contribution in [-0.2, 0) is 9.31 Å². The van der Waals surface area contributed by atoms with Crippen LogP contribution in [0, 0.1) is 0 Å².